The van der Waals surface area contributed by atoms with E-state index in [4.69, 9.17) is 14.9 Å². The lowest BCUT2D eigenvalue weighted by Crippen LogP contribution is -2.26. The molecule has 1 aromatic heterocycles. The minimum Gasteiger partial charge on any atom is -0.462 e. The number of rotatable bonds is 3. The first-order chi connectivity index (χ1) is 13.4. The summed E-state index contributed by atoms with van der Waals surface area (Å²) in [5.41, 5.74) is 6.49. The molecule has 3 heterocycles. The molecular formula is C19H15N3O5S. The Morgan fingerprint density at radius 3 is 2.82 bits per heavy atom. The molecule has 0 bridgehead atoms. The number of ether oxygens (including phenoxy) is 1. The van der Waals surface area contributed by atoms with Gasteiger partial charge < -0.3 is 14.9 Å². The van der Waals surface area contributed by atoms with E-state index in [1.807, 2.05) is 6.07 Å². The van der Waals surface area contributed by atoms with Crippen molar-refractivity contribution in [2.75, 3.05) is 12.3 Å². The van der Waals surface area contributed by atoms with Crippen LogP contribution in [0, 0.1) is 6.92 Å². The molecule has 8 nitrogen and oxygen atoms in total. The zero-order chi connectivity index (χ0) is 20.0. The van der Waals surface area contributed by atoms with Crippen molar-refractivity contribution in [2.24, 2.45) is 0 Å². The highest BCUT2D eigenvalue weighted by molar-refractivity contribution is 7.18. The lowest BCUT2D eigenvalue weighted by atomic mass is 10.1. The van der Waals surface area contributed by atoms with E-state index in [2.05, 4.69) is 5.10 Å². The molecule has 0 fully saturated rings. The SMILES string of the molecule is CCOC(=O)c1sc(N)c(C(=O)n2nc3oc4ccccc4cc-3c2=O)c1C. The highest BCUT2D eigenvalue weighted by atomic mass is 32.1. The molecule has 28 heavy (non-hydrogen) atoms. The molecular weight excluding hydrogens is 382 g/mol. The van der Waals surface area contributed by atoms with Gasteiger partial charge >= 0.3 is 5.97 Å². The number of esters is 1. The number of thiophene rings is 1. The maximum absolute atomic E-state index is 13.0. The second kappa shape index (κ2) is 6.61. The predicted molar refractivity (Wildman–Crippen MR) is 104 cm³/mol. The number of nitrogens with zero attached hydrogens (tertiary/aromatic N) is 2. The van der Waals surface area contributed by atoms with Crippen molar-refractivity contribution in [3.05, 3.63) is 56.7 Å². The quantitative estimate of drug-likeness (QED) is 0.528. The van der Waals surface area contributed by atoms with Crippen LogP contribution in [0.15, 0.2) is 39.5 Å². The molecule has 2 aromatic rings. The Bertz CT molecular complexity index is 1270. The number of anilines is 1. The Balaban J connectivity index is 1.85. The number of nitrogen functional groups attached to an aromatic ring is 1. The first-order valence-corrected chi connectivity index (χ1v) is 9.26. The minimum atomic E-state index is -0.720. The van der Waals surface area contributed by atoms with Crippen LogP contribution in [0.25, 0.3) is 22.4 Å². The van der Waals surface area contributed by atoms with Crippen LogP contribution in [0.2, 0.25) is 0 Å². The Morgan fingerprint density at radius 1 is 1.32 bits per heavy atom. The molecule has 9 heteroatoms. The maximum atomic E-state index is 13.0. The highest BCUT2D eigenvalue weighted by Crippen LogP contribution is 2.32. The molecule has 2 aliphatic rings. The number of hydrogen-bond acceptors (Lipinski definition) is 8. The highest BCUT2D eigenvalue weighted by Gasteiger charge is 2.29. The van der Waals surface area contributed by atoms with Gasteiger partial charge in [-0.2, -0.15) is 4.68 Å². The third-order valence-corrected chi connectivity index (χ3v) is 5.41. The van der Waals surface area contributed by atoms with Crippen LogP contribution in [0.4, 0.5) is 5.00 Å². The van der Waals surface area contributed by atoms with Gasteiger partial charge in [-0.1, -0.05) is 18.2 Å². The lowest BCUT2D eigenvalue weighted by molar-refractivity contribution is 0.0531. The summed E-state index contributed by atoms with van der Waals surface area (Å²) in [5.74, 6) is -1.23. The summed E-state index contributed by atoms with van der Waals surface area (Å²) in [6.45, 7) is 3.46. The van der Waals surface area contributed by atoms with Crippen LogP contribution in [-0.4, -0.2) is 28.3 Å². The number of carbonyl (C=O) groups excluding carboxylic acids is 2. The van der Waals surface area contributed by atoms with E-state index in [0.717, 1.165) is 16.7 Å². The van der Waals surface area contributed by atoms with E-state index in [0.29, 0.717) is 15.8 Å². The van der Waals surface area contributed by atoms with E-state index in [-0.39, 0.29) is 33.5 Å². The minimum absolute atomic E-state index is 0.0501. The summed E-state index contributed by atoms with van der Waals surface area (Å²) in [5, 5.41) is 4.87. The number of benzene rings is 1. The van der Waals surface area contributed by atoms with Crippen LogP contribution in [-0.2, 0) is 4.74 Å². The van der Waals surface area contributed by atoms with Gasteiger partial charge in [0.15, 0.2) is 0 Å². The van der Waals surface area contributed by atoms with Crippen LogP contribution < -0.4 is 11.3 Å². The summed E-state index contributed by atoms with van der Waals surface area (Å²) in [4.78, 5) is 38.0. The van der Waals surface area contributed by atoms with Crippen molar-refractivity contribution in [2.45, 2.75) is 13.8 Å². The van der Waals surface area contributed by atoms with Crippen molar-refractivity contribution < 1.29 is 18.7 Å². The zero-order valence-corrected chi connectivity index (χ0v) is 15.8. The average Bonchev–Trinajstić information content (AvgIpc) is 3.16. The molecule has 0 saturated carbocycles. The molecule has 0 unspecified atom stereocenters. The molecule has 0 amide bonds. The topological polar surface area (TPSA) is 117 Å². The second-order valence-corrected chi connectivity index (χ2v) is 7.09. The van der Waals surface area contributed by atoms with Crippen LogP contribution in [0.1, 0.15) is 32.5 Å². The third-order valence-electron chi connectivity index (χ3n) is 4.31. The van der Waals surface area contributed by atoms with Gasteiger partial charge in [-0.15, -0.1) is 16.4 Å². The maximum Gasteiger partial charge on any atom is 0.348 e. The number of para-hydroxylation sites is 1. The van der Waals surface area contributed by atoms with Gasteiger partial charge in [0.2, 0.25) is 5.89 Å². The smallest absolute Gasteiger partial charge is 0.348 e. The monoisotopic (exact) mass is 397 g/mol. The first kappa shape index (κ1) is 17.9. The van der Waals surface area contributed by atoms with E-state index in [1.54, 1.807) is 38.1 Å². The third kappa shape index (κ3) is 2.67. The number of nitrogens with two attached hydrogens (primary N) is 1. The molecule has 0 aliphatic carbocycles. The van der Waals surface area contributed by atoms with Gasteiger partial charge in [0.25, 0.3) is 11.5 Å². The molecule has 0 radical (unpaired) electrons. The van der Waals surface area contributed by atoms with Gasteiger partial charge in [0.1, 0.15) is 16.0 Å². The summed E-state index contributed by atoms with van der Waals surface area (Å²) in [6, 6.07) is 8.78. The first-order valence-electron chi connectivity index (χ1n) is 8.44. The fraction of sp³-hybridized carbons (Fsp3) is 0.158. The molecule has 2 aliphatic heterocycles. The molecule has 142 valence electrons. The standard InChI is InChI=1S/C19H15N3O5S/c1-3-26-19(25)14-9(2)13(15(20)28-14)18(24)22-17(23)11-8-10-6-4-5-7-12(10)27-16(11)21-22/h4-8H,3,20H2,1-2H3. The number of aromatic nitrogens is 2. The summed E-state index contributed by atoms with van der Waals surface area (Å²) >= 11 is 0.943. The van der Waals surface area contributed by atoms with Crippen LogP contribution in [0.5, 0.6) is 0 Å². The Hall–Kier alpha value is -3.46. The van der Waals surface area contributed by atoms with Crippen molar-refractivity contribution in [1.29, 1.82) is 0 Å². The number of carbonyl (C=O) groups is 2. The molecule has 1 aromatic carbocycles. The fourth-order valence-electron chi connectivity index (χ4n) is 2.98. The van der Waals surface area contributed by atoms with E-state index in [1.165, 1.54) is 0 Å². The van der Waals surface area contributed by atoms with E-state index in [9.17, 15) is 14.4 Å². The summed E-state index contributed by atoms with van der Waals surface area (Å²) < 4.78 is 11.3. The van der Waals surface area contributed by atoms with Crippen molar-refractivity contribution in [3.63, 3.8) is 0 Å². The van der Waals surface area contributed by atoms with Gasteiger partial charge in [-0.3, -0.25) is 9.59 Å². The molecule has 0 saturated heterocycles. The Morgan fingerprint density at radius 2 is 2.07 bits per heavy atom. The van der Waals surface area contributed by atoms with Crippen molar-refractivity contribution in [1.82, 2.24) is 9.78 Å². The molecule has 0 atom stereocenters. The fourth-order valence-corrected chi connectivity index (χ4v) is 3.94. The van der Waals surface area contributed by atoms with Crippen molar-refractivity contribution >= 4 is 39.2 Å². The Labute approximate surface area is 162 Å². The normalized spacial score (nSPS) is 11.2. The average molecular weight is 397 g/mol. The summed E-state index contributed by atoms with van der Waals surface area (Å²) in [7, 11) is 0. The van der Waals surface area contributed by atoms with E-state index < -0.39 is 17.4 Å². The zero-order valence-electron chi connectivity index (χ0n) is 15.0. The Kier molecular flexibility index (Phi) is 4.23. The van der Waals surface area contributed by atoms with Crippen molar-refractivity contribution in [3.8, 4) is 11.5 Å². The van der Waals surface area contributed by atoms with Gasteiger partial charge in [-0.05, 0) is 31.5 Å². The van der Waals surface area contributed by atoms with Crippen LogP contribution >= 0.6 is 11.3 Å². The van der Waals surface area contributed by atoms with E-state index >= 15 is 0 Å². The largest absolute Gasteiger partial charge is 0.462 e. The number of hydrogen-bond donors (Lipinski definition) is 1. The van der Waals surface area contributed by atoms with Gasteiger partial charge in [-0.25, -0.2) is 4.79 Å². The number of fused-ring (bicyclic) bond motifs is 2. The van der Waals surface area contributed by atoms with Gasteiger partial charge in [0, 0.05) is 5.39 Å². The molecule has 0 spiro atoms. The second-order valence-electron chi connectivity index (χ2n) is 6.04. The van der Waals surface area contributed by atoms with Crippen LogP contribution in [0.3, 0.4) is 0 Å². The molecule has 4 rings (SSSR count). The van der Waals surface area contributed by atoms with Gasteiger partial charge in [0.05, 0.1) is 17.2 Å². The lowest BCUT2D eigenvalue weighted by Gasteiger charge is -2.02. The summed E-state index contributed by atoms with van der Waals surface area (Å²) in [6.07, 6.45) is 0. The molecule has 2 N–H and O–H groups in total. The predicted octanol–water partition coefficient (Wildman–Crippen LogP) is 2.91.